The molecule has 0 aromatic heterocycles. The van der Waals surface area contributed by atoms with Crippen LogP contribution in [0, 0.1) is 13.8 Å². The van der Waals surface area contributed by atoms with Crippen molar-refractivity contribution in [3.8, 4) is 11.1 Å². The molecule has 0 fully saturated rings. The third-order valence-electron chi connectivity index (χ3n) is 3.22. The van der Waals surface area contributed by atoms with Gasteiger partial charge in [0.1, 0.15) is 0 Å². The molecule has 0 aliphatic heterocycles. The van der Waals surface area contributed by atoms with Crippen LogP contribution in [0.2, 0.25) is 0 Å². The van der Waals surface area contributed by atoms with Gasteiger partial charge < -0.3 is 0 Å². The van der Waals surface area contributed by atoms with Gasteiger partial charge in [0.05, 0.1) is 0 Å². The third kappa shape index (κ3) is 1.29. The zero-order valence-corrected chi connectivity index (χ0v) is 9.17. The molecule has 4 rings (SSSR count). The van der Waals surface area contributed by atoms with Crippen LogP contribution in [0.4, 0.5) is 0 Å². The molecule has 15 heavy (non-hydrogen) atoms. The van der Waals surface area contributed by atoms with Gasteiger partial charge in [-0.15, -0.1) is 0 Å². The lowest BCUT2D eigenvalue weighted by Gasteiger charge is -2.17. The Kier molecular flexibility index (Phi) is 1.72. The summed E-state index contributed by atoms with van der Waals surface area (Å²) >= 11 is 0. The van der Waals surface area contributed by atoms with E-state index in [4.69, 9.17) is 0 Å². The summed E-state index contributed by atoms with van der Waals surface area (Å²) in [4.78, 5) is 0. The van der Waals surface area contributed by atoms with E-state index >= 15 is 0 Å². The lowest BCUT2D eigenvalue weighted by Crippen LogP contribution is -1.98. The van der Waals surface area contributed by atoms with Crippen LogP contribution in [0.3, 0.4) is 0 Å². The Morgan fingerprint density at radius 2 is 1.60 bits per heavy atom. The van der Waals surface area contributed by atoms with Gasteiger partial charge in [0.2, 0.25) is 0 Å². The summed E-state index contributed by atoms with van der Waals surface area (Å²) in [6.45, 7) is 4.42. The molecule has 0 heterocycles. The molecule has 0 spiro atoms. The standard InChI is InChI=1S/C15H14/c1-10-6-13-7-11(2)15(10)14-5-3-4-12(8-13)9-14/h3-7,9H,8H2,1-2H3. The van der Waals surface area contributed by atoms with Gasteiger partial charge in [0.15, 0.2) is 0 Å². The molecule has 74 valence electrons. The molecule has 0 saturated carbocycles. The van der Waals surface area contributed by atoms with E-state index in [-0.39, 0.29) is 0 Å². The van der Waals surface area contributed by atoms with Crippen molar-refractivity contribution in [1.82, 2.24) is 0 Å². The monoisotopic (exact) mass is 194 g/mol. The normalized spacial score (nSPS) is 12.4. The van der Waals surface area contributed by atoms with Crippen molar-refractivity contribution in [3.05, 3.63) is 58.7 Å². The SMILES string of the molecule is Cc1cc2cc(C)c1-c1cccc(c1)C2. The minimum absolute atomic E-state index is 1.07. The number of rotatable bonds is 0. The third-order valence-corrected chi connectivity index (χ3v) is 3.22. The first-order valence-corrected chi connectivity index (χ1v) is 5.43. The number of aryl methyl sites for hydroxylation is 2. The molecule has 2 aromatic rings. The molecule has 0 nitrogen and oxygen atoms in total. The van der Waals surface area contributed by atoms with Crippen molar-refractivity contribution < 1.29 is 0 Å². The molecule has 0 radical (unpaired) electrons. The Balaban J connectivity index is 2.43. The summed E-state index contributed by atoms with van der Waals surface area (Å²) in [5, 5.41) is 0. The van der Waals surface area contributed by atoms with E-state index < -0.39 is 0 Å². The van der Waals surface area contributed by atoms with Crippen molar-refractivity contribution in [2.75, 3.05) is 0 Å². The lowest BCUT2D eigenvalue weighted by molar-refractivity contribution is 1.15. The maximum absolute atomic E-state index is 2.32. The van der Waals surface area contributed by atoms with Crippen LogP contribution >= 0.6 is 0 Å². The van der Waals surface area contributed by atoms with Gasteiger partial charge in [-0.25, -0.2) is 0 Å². The van der Waals surface area contributed by atoms with E-state index in [1.165, 1.54) is 33.4 Å². The van der Waals surface area contributed by atoms with Crippen LogP contribution in [0.5, 0.6) is 0 Å². The first-order chi connectivity index (χ1) is 7.24. The average Bonchev–Trinajstić information content (AvgIpc) is 2.15. The Bertz CT molecular complexity index is 512. The fourth-order valence-corrected chi connectivity index (χ4v) is 2.68. The van der Waals surface area contributed by atoms with Gasteiger partial charge in [-0.05, 0) is 53.6 Å². The molecule has 0 saturated heterocycles. The molecule has 0 amide bonds. The van der Waals surface area contributed by atoms with Crippen LogP contribution in [0.15, 0.2) is 36.4 Å². The highest BCUT2D eigenvalue weighted by Crippen LogP contribution is 2.32. The van der Waals surface area contributed by atoms with E-state index in [9.17, 15) is 0 Å². The van der Waals surface area contributed by atoms with Crippen molar-refractivity contribution in [2.24, 2.45) is 0 Å². The first-order valence-electron chi connectivity index (χ1n) is 5.43. The van der Waals surface area contributed by atoms with Crippen LogP contribution in [-0.4, -0.2) is 0 Å². The van der Waals surface area contributed by atoms with E-state index in [1.54, 1.807) is 0 Å². The van der Waals surface area contributed by atoms with Gasteiger partial charge in [-0.1, -0.05) is 36.4 Å². The van der Waals surface area contributed by atoms with E-state index in [0.29, 0.717) is 0 Å². The Morgan fingerprint density at radius 1 is 0.867 bits per heavy atom. The van der Waals surface area contributed by atoms with E-state index in [2.05, 4.69) is 50.2 Å². The van der Waals surface area contributed by atoms with Crippen LogP contribution in [-0.2, 0) is 6.42 Å². The topological polar surface area (TPSA) is 0 Å². The zero-order valence-electron chi connectivity index (χ0n) is 9.17. The zero-order chi connectivity index (χ0) is 10.4. The number of hydrogen-bond acceptors (Lipinski definition) is 0. The second kappa shape index (κ2) is 2.96. The Labute approximate surface area is 90.6 Å². The molecule has 2 aliphatic rings. The summed E-state index contributed by atoms with van der Waals surface area (Å²) in [5.74, 6) is 0. The maximum atomic E-state index is 2.32. The number of hydrogen-bond donors (Lipinski definition) is 0. The van der Waals surface area contributed by atoms with Crippen molar-refractivity contribution in [1.29, 1.82) is 0 Å². The molecular weight excluding hydrogens is 180 g/mol. The maximum Gasteiger partial charge on any atom is -0.00253 e. The summed E-state index contributed by atoms with van der Waals surface area (Å²) < 4.78 is 0. The highest BCUT2D eigenvalue weighted by atomic mass is 14.2. The predicted molar refractivity (Wildman–Crippen MR) is 64.2 cm³/mol. The number of fused-ring (bicyclic) bond motifs is 2. The van der Waals surface area contributed by atoms with Crippen molar-refractivity contribution in [2.45, 2.75) is 20.3 Å². The van der Waals surface area contributed by atoms with Crippen LogP contribution < -0.4 is 0 Å². The minimum atomic E-state index is 1.07. The highest BCUT2D eigenvalue weighted by molar-refractivity contribution is 5.73. The lowest BCUT2D eigenvalue weighted by atomic mass is 9.87. The Hall–Kier alpha value is -1.56. The summed E-state index contributed by atoms with van der Waals surface area (Å²) in [6, 6.07) is 13.6. The van der Waals surface area contributed by atoms with Crippen molar-refractivity contribution >= 4 is 0 Å². The second-order valence-electron chi connectivity index (χ2n) is 4.48. The minimum Gasteiger partial charge on any atom is -0.0614 e. The molecule has 0 N–H and O–H groups in total. The fraction of sp³-hybridized carbons (Fsp3) is 0.200. The second-order valence-corrected chi connectivity index (χ2v) is 4.48. The number of benzene rings is 2. The summed E-state index contributed by atoms with van der Waals surface area (Å²) in [6.07, 6.45) is 1.07. The Morgan fingerprint density at radius 3 is 2.33 bits per heavy atom. The van der Waals surface area contributed by atoms with E-state index in [0.717, 1.165) is 6.42 Å². The van der Waals surface area contributed by atoms with Gasteiger partial charge in [-0.3, -0.25) is 0 Å². The van der Waals surface area contributed by atoms with Gasteiger partial charge in [0, 0.05) is 0 Å². The molecule has 0 atom stereocenters. The highest BCUT2D eigenvalue weighted by Gasteiger charge is 2.11. The quantitative estimate of drug-likeness (QED) is 0.509. The summed E-state index contributed by atoms with van der Waals surface area (Å²) in [5.41, 5.74) is 8.45. The van der Waals surface area contributed by atoms with E-state index in [1.807, 2.05) is 0 Å². The molecule has 0 heteroatoms. The molecule has 2 aliphatic carbocycles. The summed E-state index contributed by atoms with van der Waals surface area (Å²) in [7, 11) is 0. The van der Waals surface area contributed by atoms with Gasteiger partial charge >= 0.3 is 0 Å². The molecular formula is C15H14. The molecule has 2 aromatic carbocycles. The molecule has 0 unspecified atom stereocenters. The van der Waals surface area contributed by atoms with Crippen LogP contribution in [0.25, 0.3) is 11.1 Å². The van der Waals surface area contributed by atoms with Crippen molar-refractivity contribution in [3.63, 3.8) is 0 Å². The predicted octanol–water partition coefficient (Wildman–Crippen LogP) is 3.87. The largest absolute Gasteiger partial charge is 0.0614 e. The molecule has 4 bridgehead atoms. The average molecular weight is 194 g/mol. The van der Waals surface area contributed by atoms with Gasteiger partial charge in [0.25, 0.3) is 0 Å². The van der Waals surface area contributed by atoms with Crippen LogP contribution in [0.1, 0.15) is 22.3 Å². The fourth-order valence-electron chi connectivity index (χ4n) is 2.68. The first kappa shape index (κ1) is 8.72. The van der Waals surface area contributed by atoms with Gasteiger partial charge in [-0.2, -0.15) is 0 Å². The smallest absolute Gasteiger partial charge is 0.00253 e.